The van der Waals surface area contributed by atoms with Crippen LogP contribution in [-0.4, -0.2) is 57.9 Å². The van der Waals surface area contributed by atoms with Gasteiger partial charge in [-0.25, -0.2) is 9.59 Å². The number of piperidine rings is 1. The maximum atomic E-state index is 12.9. The highest BCUT2D eigenvalue weighted by Gasteiger charge is 2.39. The third kappa shape index (κ3) is 7.79. The molecule has 2 amide bonds. The maximum absolute atomic E-state index is 12.9. The van der Waals surface area contributed by atoms with Crippen molar-refractivity contribution in [1.29, 1.82) is 0 Å². The molecule has 0 radical (unpaired) electrons. The monoisotopic (exact) mass is 689 g/mol. The van der Waals surface area contributed by atoms with Crippen molar-refractivity contribution in [3.05, 3.63) is 130 Å². The molecule has 2 aliphatic heterocycles. The first-order chi connectivity index (χ1) is 24.9. The van der Waals surface area contributed by atoms with Gasteiger partial charge in [-0.2, -0.15) is 0 Å². The maximum Gasteiger partial charge on any atom is 0.326 e. The van der Waals surface area contributed by atoms with E-state index in [1.807, 2.05) is 72.2 Å². The van der Waals surface area contributed by atoms with Crippen LogP contribution in [0, 0.1) is 5.92 Å². The highest BCUT2D eigenvalue weighted by molar-refractivity contribution is 5.75. The summed E-state index contributed by atoms with van der Waals surface area (Å²) < 4.78 is 15.5. The van der Waals surface area contributed by atoms with Crippen LogP contribution >= 0.6 is 0 Å². The molecule has 10 heteroatoms. The van der Waals surface area contributed by atoms with Gasteiger partial charge >= 0.3 is 11.7 Å². The molecule has 4 aromatic carbocycles. The summed E-state index contributed by atoms with van der Waals surface area (Å²) in [5.41, 5.74) is 7.82. The molecule has 2 aliphatic rings. The van der Waals surface area contributed by atoms with Crippen molar-refractivity contribution in [2.45, 2.75) is 64.4 Å². The van der Waals surface area contributed by atoms with Gasteiger partial charge in [0.2, 0.25) is 0 Å². The molecule has 4 atom stereocenters. The molecule has 0 saturated carbocycles. The SMILES string of the molecule is CCNC(=O)NCc1cccc(-c2ccc([C@H]3O[C@@H](CN4CCC(n5c(=O)[nH]c6ccccc65)CC4)[C@@H](C)[C@@H](c4ccc(CO)cc4)O3)cc2)c1. The van der Waals surface area contributed by atoms with Gasteiger partial charge in [0.25, 0.3) is 0 Å². The van der Waals surface area contributed by atoms with Gasteiger partial charge in [-0.1, -0.05) is 85.8 Å². The van der Waals surface area contributed by atoms with Crippen LogP contribution in [0.3, 0.4) is 0 Å². The second kappa shape index (κ2) is 15.7. The molecular weight excluding hydrogens is 642 g/mol. The minimum absolute atomic E-state index is 0.00367. The number of H-pyrrole nitrogens is 1. The zero-order valence-corrected chi connectivity index (χ0v) is 29.3. The third-order valence-electron chi connectivity index (χ3n) is 10.3. The topological polar surface area (TPSA) is 121 Å². The number of aliphatic hydroxyl groups excluding tert-OH is 1. The Morgan fingerprint density at radius 3 is 2.35 bits per heavy atom. The first-order valence-electron chi connectivity index (χ1n) is 18.0. The lowest BCUT2D eigenvalue weighted by atomic mass is 9.89. The zero-order valence-electron chi connectivity index (χ0n) is 29.3. The lowest BCUT2D eigenvalue weighted by Crippen LogP contribution is -2.47. The van der Waals surface area contributed by atoms with Gasteiger partial charge in [-0.05, 0) is 65.8 Å². The first-order valence-corrected chi connectivity index (χ1v) is 18.0. The van der Waals surface area contributed by atoms with E-state index in [4.69, 9.17) is 9.47 Å². The van der Waals surface area contributed by atoms with Gasteiger partial charge < -0.3 is 35.1 Å². The van der Waals surface area contributed by atoms with Crippen LogP contribution in [0.1, 0.15) is 67.4 Å². The van der Waals surface area contributed by atoms with E-state index in [1.54, 1.807) is 0 Å². The highest BCUT2D eigenvalue weighted by Crippen LogP contribution is 2.42. The molecule has 3 heterocycles. The molecule has 7 rings (SSSR count). The Labute approximate surface area is 298 Å². The van der Waals surface area contributed by atoms with Crippen LogP contribution in [0.5, 0.6) is 0 Å². The number of amides is 2. The normalized spacial score (nSPS) is 21.5. The number of likely N-dealkylation sites (tertiary alicyclic amines) is 1. The molecule has 5 aromatic rings. The molecule has 266 valence electrons. The fourth-order valence-corrected chi connectivity index (χ4v) is 7.48. The fraction of sp³-hybridized carbons (Fsp3) is 0.366. The molecule has 0 spiro atoms. The summed E-state index contributed by atoms with van der Waals surface area (Å²) in [6, 6.07) is 32.4. The summed E-state index contributed by atoms with van der Waals surface area (Å²) in [7, 11) is 0. The highest BCUT2D eigenvalue weighted by atomic mass is 16.7. The second-order valence-corrected chi connectivity index (χ2v) is 13.7. The summed E-state index contributed by atoms with van der Waals surface area (Å²) in [4.78, 5) is 30.2. The number of nitrogens with one attached hydrogen (secondary N) is 3. The van der Waals surface area contributed by atoms with Crippen molar-refractivity contribution in [2.24, 2.45) is 5.92 Å². The number of benzene rings is 4. The average Bonchev–Trinajstić information content (AvgIpc) is 3.51. The van der Waals surface area contributed by atoms with Crippen LogP contribution in [0.25, 0.3) is 22.2 Å². The predicted molar refractivity (Wildman–Crippen MR) is 198 cm³/mol. The molecule has 0 bridgehead atoms. The number of hydrogen-bond donors (Lipinski definition) is 4. The predicted octanol–water partition coefficient (Wildman–Crippen LogP) is 6.44. The van der Waals surface area contributed by atoms with E-state index in [2.05, 4.69) is 63.8 Å². The number of aromatic amines is 1. The summed E-state index contributed by atoms with van der Waals surface area (Å²) in [5.74, 6) is 0.0743. The molecule has 10 nitrogen and oxygen atoms in total. The van der Waals surface area contributed by atoms with E-state index >= 15 is 0 Å². The average molecular weight is 690 g/mol. The van der Waals surface area contributed by atoms with Gasteiger partial charge in [0.05, 0.1) is 29.8 Å². The zero-order chi connectivity index (χ0) is 35.3. The molecular formula is C41H47N5O5. The van der Waals surface area contributed by atoms with E-state index in [-0.39, 0.29) is 42.5 Å². The number of urea groups is 1. The summed E-state index contributed by atoms with van der Waals surface area (Å²) in [6.07, 6.45) is 0.932. The van der Waals surface area contributed by atoms with Crippen molar-refractivity contribution in [2.75, 3.05) is 26.2 Å². The largest absolute Gasteiger partial charge is 0.392 e. The molecule has 4 N–H and O–H groups in total. The van der Waals surface area contributed by atoms with Gasteiger partial charge in [-0.3, -0.25) is 4.57 Å². The quantitative estimate of drug-likeness (QED) is 0.134. The van der Waals surface area contributed by atoms with Crippen LogP contribution in [0.2, 0.25) is 0 Å². The van der Waals surface area contributed by atoms with Crippen molar-refractivity contribution < 1.29 is 19.4 Å². The standard InChI is InChI=1S/C41H47N5O5/c1-3-42-40(48)43-24-29-7-6-8-33(23-29)30-15-17-32(18-16-30)39-50-37(27(2)38(51-39)31-13-11-28(26-47)12-14-31)25-45-21-19-34(20-22-45)46-36-10-5-4-9-35(36)44-41(46)49/h4-18,23,27,34,37-39,47H,3,19-22,24-26H2,1-2H3,(H,44,49)(H2,42,43,48)/t27-,37+,38+,39+/m1/s1. The van der Waals surface area contributed by atoms with Gasteiger partial charge in [-0.15, -0.1) is 0 Å². The number of carbonyl (C=O) groups excluding carboxylic acids is 1. The minimum atomic E-state index is -0.558. The lowest BCUT2D eigenvalue weighted by Gasteiger charge is -2.44. The fourth-order valence-electron chi connectivity index (χ4n) is 7.48. The van der Waals surface area contributed by atoms with Crippen LogP contribution in [0.4, 0.5) is 4.79 Å². The Morgan fingerprint density at radius 1 is 0.863 bits per heavy atom. The first kappa shape index (κ1) is 34.7. The van der Waals surface area contributed by atoms with Crippen LogP contribution in [0.15, 0.2) is 102 Å². The number of para-hydroxylation sites is 2. The van der Waals surface area contributed by atoms with Crippen molar-refractivity contribution >= 4 is 17.1 Å². The van der Waals surface area contributed by atoms with Gasteiger partial charge in [0.1, 0.15) is 0 Å². The number of hydrogen-bond acceptors (Lipinski definition) is 6. The lowest BCUT2D eigenvalue weighted by molar-refractivity contribution is -0.276. The number of aromatic nitrogens is 2. The number of aliphatic hydroxyl groups is 1. The Morgan fingerprint density at radius 2 is 1.61 bits per heavy atom. The van der Waals surface area contributed by atoms with E-state index in [0.29, 0.717) is 13.1 Å². The van der Waals surface area contributed by atoms with Crippen molar-refractivity contribution in [1.82, 2.24) is 25.1 Å². The number of rotatable bonds is 10. The van der Waals surface area contributed by atoms with E-state index < -0.39 is 6.29 Å². The number of imidazole rings is 1. The smallest absolute Gasteiger partial charge is 0.326 e. The van der Waals surface area contributed by atoms with Crippen molar-refractivity contribution in [3.8, 4) is 11.1 Å². The number of ether oxygens (including phenoxy) is 2. The Bertz CT molecular complexity index is 1980. The Hall–Kier alpha value is -4.74. The number of carbonyl (C=O) groups is 1. The number of fused-ring (bicyclic) bond motifs is 1. The number of nitrogens with zero attached hydrogens (tertiary/aromatic N) is 2. The van der Waals surface area contributed by atoms with Crippen LogP contribution in [-0.2, 0) is 22.6 Å². The molecule has 2 fully saturated rings. The Balaban J connectivity index is 1.07. The summed E-state index contributed by atoms with van der Waals surface area (Å²) in [6.45, 7) is 7.62. The van der Waals surface area contributed by atoms with Gasteiger partial charge in [0, 0.05) is 50.2 Å². The van der Waals surface area contributed by atoms with E-state index in [0.717, 1.165) is 76.9 Å². The molecule has 51 heavy (non-hydrogen) atoms. The molecule has 0 aliphatic carbocycles. The van der Waals surface area contributed by atoms with Gasteiger partial charge in [0.15, 0.2) is 6.29 Å². The summed E-state index contributed by atoms with van der Waals surface area (Å²) >= 11 is 0. The molecule has 0 unspecified atom stereocenters. The van der Waals surface area contributed by atoms with Crippen molar-refractivity contribution in [3.63, 3.8) is 0 Å². The Kier molecular flexibility index (Phi) is 10.6. The summed E-state index contributed by atoms with van der Waals surface area (Å²) in [5, 5.41) is 15.3. The molecule has 1 aromatic heterocycles. The minimum Gasteiger partial charge on any atom is -0.392 e. The third-order valence-corrected chi connectivity index (χ3v) is 10.3. The molecule has 2 saturated heterocycles. The van der Waals surface area contributed by atoms with E-state index in [9.17, 15) is 14.7 Å². The van der Waals surface area contributed by atoms with E-state index in [1.165, 1.54) is 0 Å². The van der Waals surface area contributed by atoms with Crippen LogP contribution < -0.4 is 16.3 Å². The second-order valence-electron chi connectivity index (χ2n) is 13.7.